The first-order valence-corrected chi connectivity index (χ1v) is 7.60. The molecule has 7 heteroatoms. The van der Waals surface area contributed by atoms with Gasteiger partial charge in [0.1, 0.15) is 5.56 Å². The molecule has 2 heterocycles. The van der Waals surface area contributed by atoms with Crippen LogP contribution in [0.25, 0.3) is 10.9 Å². The molecule has 2 N–H and O–H groups in total. The molecule has 1 amide bonds. The Morgan fingerprint density at radius 3 is 2.74 bits per heavy atom. The SMILES string of the molecule is CC(=O)Nc1c(Cl)cc2c(=O)c(C(=O)O)cn3c2c1CCC3C. The van der Waals surface area contributed by atoms with Gasteiger partial charge in [-0.15, -0.1) is 0 Å². The summed E-state index contributed by atoms with van der Waals surface area (Å²) in [5.41, 5.74) is 1.08. The number of hydrogen-bond acceptors (Lipinski definition) is 3. The summed E-state index contributed by atoms with van der Waals surface area (Å²) in [6.07, 6.45) is 2.79. The fourth-order valence-corrected chi connectivity index (χ4v) is 3.38. The van der Waals surface area contributed by atoms with Crippen molar-refractivity contribution in [3.63, 3.8) is 0 Å². The molecule has 0 saturated heterocycles. The lowest BCUT2D eigenvalue weighted by Gasteiger charge is -2.28. The van der Waals surface area contributed by atoms with Crippen molar-refractivity contribution in [2.24, 2.45) is 0 Å². The van der Waals surface area contributed by atoms with Crippen LogP contribution in [0.1, 0.15) is 42.2 Å². The predicted octanol–water partition coefficient (Wildman–Crippen LogP) is 2.82. The highest BCUT2D eigenvalue weighted by Gasteiger charge is 2.26. The molecule has 0 bridgehead atoms. The Bertz CT molecular complexity index is 917. The number of carbonyl (C=O) groups is 2. The molecule has 0 spiro atoms. The molecule has 0 fully saturated rings. The van der Waals surface area contributed by atoms with E-state index in [9.17, 15) is 19.5 Å². The standard InChI is InChI=1S/C16H15ClN2O4/c1-7-3-4-9-13(18-8(2)20)12(17)5-10-14(9)19(7)6-11(15(10)21)16(22)23/h5-7H,3-4H2,1-2H3,(H,18,20)(H,22,23). The molecule has 3 rings (SSSR count). The van der Waals surface area contributed by atoms with Crippen LogP contribution in [0, 0.1) is 0 Å². The maximum absolute atomic E-state index is 12.5. The Kier molecular flexibility index (Phi) is 3.64. The Morgan fingerprint density at radius 2 is 2.13 bits per heavy atom. The van der Waals surface area contributed by atoms with E-state index in [1.165, 1.54) is 19.2 Å². The number of rotatable bonds is 2. The Hall–Kier alpha value is -2.34. The van der Waals surface area contributed by atoms with Crippen LogP contribution in [0.15, 0.2) is 17.1 Å². The van der Waals surface area contributed by atoms with Gasteiger partial charge < -0.3 is 15.0 Å². The molecular weight excluding hydrogens is 320 g/mol. The maximum atomic E-state index is 12.5. The molecule has 2 aromatic rings. The smallest absolute Gasteiger partial charge is 0.341 e. The van der Waals surface area contributed by atoms with Crippen molar-refractivity contribution in [1.29, 1.82) is 0 Å². The Morgan fingerprint density at radius 1 is 1.43 bits per heavy atom. The molecule has 1 aliphatic heterocycles. The van der Waals surface area contributed by atoms with Crippen LogP contribution >= 0.6 is 11.6 Å². The molecule has 120 valence electrons. The van der Waals surface area contributed by atoms with Gasteiger partial charge in [0.2, 0.25) is 11.3 Å². The number of aromatic carboxylic acids is 1. The highest BCUT2D eigenvalue weighted by molar-refractivity contribution is 6.35. The second-order valence-corrected chi connectivity index (χ2v) is 6.17. The van der Waals surface area contributed by atoms with Gasteiger partial charge in [-0.05, 0) is 25.8 Å². The Balaban J connectivity index is 2.47. The topological polar surface area (TPSA) is 88.4 Å². The molecule has 0 saturated carbocycles. The summed E-state index contributed by atoms with van der Waals surface area (Å²) < 4.78 is 1.79. The van der Waals surface area contributed by atoms with Crippen LogP contribution in [0.5, 0.6) is 0 Å². The van der Waals surface area contributed by atoms with E-state index in [1.807, 2.05) is 6.92 Å². The van der Waals surface area contributed by atoms with Gasteiger partial charge in [0.05, 0.1) is 16.2 Å². The third-order valence-corrected chi connectivity index (χ3v) is 4.48. The predicted molar refractivity (Wildman–Crippen MR) is 87.5 cm³/mol. The molecule has 1 aromatic heterocycles. The number of carbonyl (C=O) groups excluding carboxylic acids is 1. The van der Waals surface area contributed by atoms with Gasteiger partial charge in [-0.1, -0.05) is 11.6 Å². The summed E-state index contributed by atoms with van der Waals surface area (Å²) in [7, 11) is 0. The van der Waals surface area contributed by atoms with E-state index in [1.54, 1.807) is 4.57 Å². The minimum absolute atomic E-state index is 0.0510. The second-order valence-electron chi connectivity index (χ2n) is 5.76. The van der Waals surface area contributed by atoms with Crippen LogP contribution in [0.4, 0.5) is 5.69 Å². The van der Waals surface area contributed by atoms with E-state index in [0.717, 1.165) is 12.0 Å². The first-order valence-electron chi connectivity index (χ1n) is 7.22. The van der Waals surface area contributed by atoms with E-state index < -0.39 is 11.4 Å². The zero-order valence-corrected chi connectivity index (χ0v) is 13.4. The van der Waals surface area contributed by atoms with Gasteiger partial charge in [-0.3, -0.25) is 9.59 Å². The van der Waals surface area contributed by atoms with Crippen LogP contribution in [0.2, 0.25) is 5.02 Å². The monoisotopic (exact) mass is 334 g/mol. The Labute approximate surface area is 136 Å². The van der Waals surface area contributed by atoms with E-state index >= 15 is 0 Å². The van der Waals surface area contributed by atoms with Crippen molar-refractivity contribution < 1.29 is 14.7 Å². The number of aromatic nitrogens is 1. The van der Waals surface area contributed by atoms with Crippen LogP contribution in [-0.4, -0.2) is 21.6 Å². The van der Waals surface area contributed by atoms with Crippen molar-refractivity contribution in [2.45, 2.75) is 32.7 Å². The largest absolute Gasteiger partial charge is 0.477 e. The summed E-state index contributed by atoms with van der Waals surface area (Å²) in [6.45, 7) is 3.35. The molecule has 1 aliphatic rings. The summed E-state index contributed by atoms with van der Waals surface area (Å²) >= 11 is 6.24. The number of nitrogens with zero attached hydrogens (tertiary/aromatic N) is 1. The second kappa shape index (κ2) is 5.38. The molecule has 1 atom stereocenters. The minimum atomic E-state index is -1.26. The van der Waals surface area contributed by atoms with Gasteiger partial charge >= 0.3 is 5.97 Å². The number of aryl methyl sites for hydroxylation is 1. The molecule has 1 aromatic carbocycles. The molecule has 0 radical (unpaired) electrons. The van der Waals surface area contributed by atoms with Gasteiger partial charge in [-0.25, -0.2) is 4.79 Å². The van der Waals surface area contributed by atoms with Gasteiger partial charge in [0.15, 0.2) is 0 Å². The summed E-state index contributed by atoms with van der Waals surface area (Å²) in [6, 6.07) is 1.49. The average molecular weight is 335 g/mol. The van der Waals surface area contributed by atoms with E-state index in [-0.39, 0.29) is 27.9 Å². The number of hydrogen-bond donors (Lipinski definition) is 2. The third-order valence-electron chi connectivity index (χ3n) is 4.19. The van der Waals surface area contributed by atoms with Crippen molar-refractivity contribution in [2.75, 3.05) is 5.32 Å². The number of anilines is 1. The van der Waals surface area contributed by atoms with Crippen molar-refractivity contribution in [3.05, 3.63) is 38.6 Å². The summed E-state index contributed by atoms with van der Waals surface area (Å²) in [5, 5.41) is 12.5. The number of carboxylic acid groups (broad SMARTS) is 1. The number of amides is 1. The van der Waals surface area contributed by atoms with Crippen LogP contribution in [0.3, 0.4) is 0 Å². The maximum Gasteiger partial charge on any atom is 0.341 e. The first kappa shape index (κ1) is 15.6. The van der Waals surface area contributed by atoms with E-state index in [2.05, 4.69) is 5.32 Å². The molecule has 23 heavy (non-hydrogen) atoms. The number of pyridine rings is 1. The molecule has 0 aliphatic carbocycles. The summed E-state index contributed by atoms with van der Waals surface area (Å²) in [4.78, 5) is 35.2. The minimum Gasteiger partial charge on any atom is -0.477 e. The average Bonchev–Trinajstić information content (AvgIpc) is 2.46. The fraction of sp³-hybridized carbons (Fsp3) is 0.312. The number of carboxylic acids is 1. The lowest BCUT2D eigenvalue weighted by molar-refractivity contribution is -0.114. The summed E-state index contributed by atoms with van der Waals surface area (Å²) in [5.74, 6) is -1.51. The van der Waals surface area contributed by atoms with Crippen molar-refractivity contribution in [1.82, 2.24) is 4.57 Å². The van der Waals surface area contributed by atoms with Crippen molar-refractivity contribution in [3.8, 4) is 0 Å². The van der Waals surface area contributed by atoms with Crippen LogP contribution < -0.4 is 10.7 Å². The fourth-order valence-electron chi connectivity index (χ4n) is 3.11. The number of nitrogens with one attached hydrogen (secondary N) is 1. The van der Waals surface area contributed by atoms with E-state index in [4.69, 9.17) is 11.6 Å². The first-order chi connectivity index (χ1) is 10.8. The number of halogens is 1. The van der Waals surface area contributed by atoms with Gasteiger partial charge in [0.25, 0.3) is 0 Å². The van der Waals surface area contributed by atoms with Gasteiger partial charge in [0, 0.05) is 30.1 Å². The zero-order chi connectivity index (χ0) is 16.9. The van der Waals surface area contributed by atoms with Crippen LogP contribution in [-0.2, 0) is 11.2 Å². The molecular formula is C16H15ClN2O4. The quantitative estimate of drug-likeness (QED) is 0.883. The normalized spacial score (nSPS) is 16.4. The molecule has 6 nitrogen and oxygen atoms in total. The number of benzene rings is 1. The lowest BCUT2D eigenvalue weighted by Crippen LogP contribution is -2.25. The van der Waals surface area contributed by atoms with E-state index in [0.29, 0.717) is 17.6 Å². The lowest BCUT2D eigenvalue weighted by atomic mass is 9.94. The van der Waals surface area contributed by atoms with Gasteiger partial charge in [-0.2, -0.15) is 0 Å². The third kappa shape index (κ3) is 2.39. The zero-order valence-electron chi connectivity index (χ0n) is 12.6. The van der Waals surface area contributed by atoms with Crippen molar-refractivity contribution >= 4 is 40.1 Å². The highest BCUT2D eigenvalue weighted by Crippen LogP contribution is 2.38. The molecule has 1 unspecified atom stereocenters. The highest BCUT2D eigenvalue weighted by atomic mass is 35.5.